The van der Waals surface area contributed by atoms with Crippen LogP contribution in [-0.2, 0) is 6.54 Å². The summed E-state index contributed by atoms with van der Waals surface area (Å²) in [5.41, 5.74) is 4.41. The molecule has 1 aliphatic rings. The van der Waals surface area contributed by atoms with Crippen LogP contribution in [-0.4, -0.2) is 46.9 Å². The van der Waals surface area contributed by atoms with Crippen LogP contribution in [0.25, 0.3) is 0 Å². The summed E-state index contributed by atoms with van der Waals surface area (Å²) in [6.45, 7) is 10.8. The van der Waals surface area contributed by atoms with Crippen molar-refractivity contribution in [3.63, 3.8) is 0 Å². The Kier molecular flexibility index (Phi) is 7.56. The van der Waals surface area contributed by atoms with E-state index in [0.717, 1.165) is 44.0 Å². The lowest BCUT2D eigenvalue weighted by molar-refractivity contribution is 0.0703. The molecule has 4 heteroatoms. The Balaban J connectivity index is 1.56. The first-order chi connectivity index (χ1) is 16.0. The lowest BCUT2D eigenvalue weighted by Crippen LogP contribution is -2.39. The van der Waals surface area contributed by atoms with E-state index < -0.39 is 0 Å². The summed E-state index contributed by atoms with van der Waals surface area (Å²) in [6.07, 6.45) is 1.86. The number of amides is 1. The molecule has 3 aromatic rings. The van der Waals surface area contributed by atoms with Gasteiger partial charge in [0.2, 0.25) is 0 Å². The van der Waals surface area contributed by atoms with E-state index in [0.29, 0.717) is 17.8 Å². The fraction of sp³-hybridized carbons (Fsp3) is 0.379. The first-order valence-corrected chi connectivity index (χ1v) is 12.0. The fourth-order valence-electron chi connectivity index (χ4n) is 4.92. The number of aryl methyl sites for hydroxylation is 1. The van der Waals surface area contributed by atoms with Gasteiger partial charge in [-0.2, -0.15) is 0 Å². The minimum atomic E-state index is 0.138. The average Bonchev–Trinajstić information content (AvgIpc) is 3.21. The zero-order valence-electron chi connectivity index (χ0n) is 20.0. The third kappa shape index (κ3) is 6.08. The van der Waals surface area contributed by atoms with Crippen LogP contribution in [0.3, 0.4) is 0 Å². The molecule has 2 heterocycles. The maximum atomic E-state index is 13.5. The van der Waals surface area contributed by atoms with E-state index in [1.165, 1.54) is 11.1 Å². The van der Waals surface area contributed by atoms with Gasteiger partial charge in [0.1, 0.15) is 0 Å². The molecular formula is C29H35N3O. The molecule has 1 aromatic heterocycles. The van der Waals surface area contributed by atoms with Crippen LogP contribution in [0.2, 0.25) is 0 Å². The van der Waals surface area contributed by atoms with Crippen molar-refractivity contribution < 1.29 is 4.79 Å². The number of aromatic nitrogens is 1. The standard InChI is InChI=1S/C29H35N3O/c1-22(2)17-32(29(33)25-14-12-23(3)13-15-25)19-26-18-31(20-27-11-7-8-16-30-27)21-28(26)24-9-5-4-6-10-24/h4-16,22,26,28H,17-21H2,1-3H3/t26-,28+/m0/s1. The van der Waals surface area contributed by atoms with Crippen molar-refractivity contribution in [1.29, 1.82) is 0 Å². The van der Waals surface area contributed by atoms with Crippen molar-refractivity contribution in [2.45, 2.75) is 33.2 Å². The number of rotatable bonds is 8. The lowest BCUT2D eigenvalue weighted by Gasteiger charge is -2.30. The van der Waals surface area contributed by atoms with Crippen molar-refractivity contribution in [3.05, 3.63) is 101 Å². The maximum absolute atomic E-state index is 13.5. The van der Waals surface area contributed by atoms with Crippen molar-refractivity contribution in [3.8, 4) is 0 Å². The van der Waals surface area contributed by atoms with E-state index in [2.05, 4.69) is 78.0 Å². The third-order valence-corrected chi connectivity index (χ3v) is 6.48. The van der Waals surface area contributed by atoms with Gasteiger partial charge in [-0.3, -0.25) is 14.7 Å². The van der Waals surface area contributed by atoms with Crippen molar-refractivity contribution in [2.24, 2.45) is 11.8 Å². The van der Waals surface area contributed by atoms with Crippen LogP contribution < -0.4 is 0 Å². The molecule has 4 rings (SSSR count). The van der Waals surface area contributed by atoms with E-state index in [4.69, 9.17) is 0 Å². The molecule has 0 radical (unpaired) electrons. The molecule has 1 saturated heterocycles. The largest absolute Gasteiger partial charge is 0.338 e. The number of benzene rings is 2. The Morgan fingerprint density at radius 1 is 1.00 bits per heavy atom. The van der Waals surface area contributed by atoms with E-state index in [9.17, 15) is 4.79 Å². The highest BCUT2D eigenvalue weighted by Gasteiger charge is 2.36. The van der Waals surface area contributed by atoms with Crippen molar-refractivity contribution in [2.75, 3.05) is 26.2 Å². The smallest absolute Gasteiger partial charge is 0.253 e. The molecule has 172 valence electrons. The zero-order valence-corrected chi connectivity index (χ0v) is 20.0. The molecular weight excluding hydrogens is 406 g/mol. The number of carbonyl (C=O) groups is 1. The van der Waals surface area contributed by atoms with E-state index in [-0.39, 0.29) is 5.91 Å². The zero-order chi connectivity index (χ0) is 23.2. The topological polar surface area (TPSA) is 36.4 Å². The number of hydrogen-bond acceptors (Lipinski definition) is 3. The van der Waals surface area contributed by atoms with Gasteiger partial charge >= 0.3 is 0 Å². The van der Waals surface area contributed by atoms with Crippen LogP contribution >= 0.6 is 0 Å². The second-order valence-corrected chi connectivity index (χ2v) is 9.76. The fourth-order valence-corrected chi connectivity index (χ4v) is 4.92. The van der Waals surface area contributed by atoms with Gasteiger partial charge in [0.05, 0.1) is 5.69 Å². The molecule has 1 fully saturated rings. The summed E-state index contributed by atoms with van der Waals surface area (Å²) in [5, 5.41) is 0. The van der Waals surface area contributed by atoms with Gasteiger partial charge < -0.3 is 4.90 Å². The minimum Gasteiger partial charge on any atom is -0.338 e. The van der Waals surface area contributed by atoms with E-state index in [1.54, 1.807) is 0 Å². The molecule has 4 nitrogen and oxygen atoms in total. The quantitative estimate of drug-likeness (QED) is 0.469. The molecule has 0 unspecified atom stereocenters. The van der Waals surface area contributed by atoms with Gasteiger partial charge in [-0.15, -0.1) is 0 Å². The first-order valence-electron chi connectivity index (χ1n) is 12.0. The van der Waals surface area contributed by atoms with Gasteiger partial charge in [-0.05, 0) is 48.6 Å². The Hall–Kier alpha value is -2.98. The summed E-state index contributed by atoms with van der Waals surface area (Å²) in [4.78, 5) is 22.6. The van der Waals surface area contributed by atoms with Crippen LogP contribution in [0.5, 0.6) is 0 Å². The van der Waals surface area contributed by atoms with Gasteiger partial charge in [0, 0.05) is 50.4 Å². The summed E-state index contributed by atoms with van der Waals surface area (Å²) in [6, 6.07) is 24.9. The lowest BCUT2D eigenvalue weighted by atomic mass is 9.88. The van der Waals surface area contributed by atoms with Crippen molar-refractivity contribution >= 4 is 5.91 Å². The third-order valence-electron chi connectivity index (χ3n) is 6.48. The SMILES string of the molecule is Cc1ccc(C(=O)N(CC(C)C)C[C@@H]2CN(Cc3ccccn3)C[C@@H]2c2ccccc2)cc1. The molecule has 1 amide bonds. The van der Waals surface area contributed by atoms with Crippen LogP contribution in [0.1, 0.15) is 46.9 Å². The number of pyridine rings is 1. The van der Waals surface area contributed by atoms with E-state index >= 15 is 0 Å². The number of likely N-dealkylation sites (tertiary alicyclic amines) is 1. The molecule has 33 heavy (non-hydrogen) atoms. The van der Waals surface area contributed by atoms with Gasteiger partial charge in [0.15, 0.2) is 0 Å². The summed E-state index contributed by atoms with van der Waals surface area (Å²) < 4.78 is 0. The van der Waals surface area contributed by atoms with Gasteiger partial charge in [0.25, 0.3) is 5.91 Å². The molecule has 0 aliphatic carbocycles. The Morgan fingerprint density at radius 3 is 2.39 bits per heavy atom. The first kappa shape index (κ1) is 23.2. The molecule has 2 atom stereocenters. The molecule has 2 aromatic carbocycles. The second-order valence-electron chi connectivity index (χ2n) is 9.76. The predicted molar refractivity (Wildman–Crippen MR) is 134 cm³/mol. The highest BCUT2D eigenvalue weighted by atomic mass is 16.2. The highest BCUT2D eigenvalue weighted by molar-refractivity contribution is 5.94. The summed E-state index contributed by atoms with van der Waals surface area (Å²) in [5.74, 6) is 1.33. The van der Waals surface area contributed by atoms with Gasteiger partial charge in [-0.1, -0.05) is 67.9 Å². The molecule has 0 bridgehead atoms. The van der Waals surface area contributed by atoms with Crippen LogP contribution in [0.15, 0.2) is 79.0 Å². The Bertz CT molecular complexity index is 1020. The normalized spacial score (nSPS) is 18.5. The number of carbonyl (C=O) groups excluding carboxylic acids is 1. The predicted octanol–water partition coefficient (Wildman–Crippen LogP) is 5.40. The highest BCUT2D eigenvalue weighted by Crippen LogP contribution is 2.34. The monoisotopic (exact) mass is 441 g/mol. The van der Waals surface area contributed by atoms with Crippen molar-refractivity contribution in [1.82, 2.24) is 14.8 Å². The average molecular weight is 442 g/mol. The Labute approximate surface area is 198 Å². The Morgan fingerprint density at radius 2 is 1.73 bits per heavy atom. The number of nitrogens with zero attached hydrogens (tertiary/aromatic N) is 3. The minimum absolute atomic E-state index is 0.138. The summed E-state index contributed by atoms with van der Waals surface area (Å²) >= 11 is 0. The van der Waals surface area contributed by atoms with E-state index in [1.807, 2.05) is 36.5 Å². The second kappa shape index (κ2) is 10.8. The number of hydrogen-bond donors (Lipinski definition) is 0. The van der Waals surface area contributed by atoms with Gasteiger partial charge in [-0.25, -0.2) is 0 Å². The van der Waals surface area contributed by atoms with Crippen LogP contribution in [0, 0.1) is 18.8 Å². The van der Waals surface area contributed by atoms with Crippen LogP contribution in [0.4, 0.5) is 0 Å². The maximum Gasteiger partial charge on any atom is 0.253 e. The molecule has 1 aliphatic heterocycles. The summed E-state index contributed by atoms with van der Waals surface area (Å²) in [7, 11) is 0. The molecule has 0 spiro atoms. The molecule has 0 N–H and O–H groups in total. The molecule has 0 saturated carbocycles.